The summed E-state index contributed by atoms with van der Waals surface area (Å²) < 4.78 is 5.23. The average molecular weight is 261 g/mol. The van der Waals surface area contributed by atoms with Crippen LogP contribution in [-0.2, 0) is 0 Å². The second-order valence-corrected chi connectivity index (χ2v) is 4.48. The normalized spacial score (nSPS) is 21.9. The van der Waals surface area contributed by atoms with Crippen molar-refractivity contribution in [1.29, 1.82) is 0 Å². The highest BCUT2D eigenvalue weighted by atomic mass is 32.1. The van der Waals surface area contributed by atoms with Crippen LogP contribution in [0, 0.1) is 0 Å². The number of aromatic nitrogens is 1. The van der Waals surface area contributed by atoms with Crippen LogP contribution in [0.3, 0.4) is 0 Å². The van der Waals surface area contributed by atoms with Crippen LogP contribution in [0.15, 0.2) is 34.7 Å². The molecule has 1 atom stereocenters. The molecule has 2 aromatic rings. The Morgan fingerprint density at radius 1 is 1.56 bits per heavy atom. The first-order valence-corrected chi connectivity index (χ1v) is 5.83. The molecule has 2 heterocycles. The molecular formula is C12H11N3O2S. The lowest BCUT2D eigenvalue weighted by atomic mass is 10.1. The number of likely N-dealkylation sites (N-methyl/N-ethyl adjacent to an activating group) is 1. The van der Waals surface area contributed by atoms with E-state index in [4.69, 9.17) is 16.6 Å². The van der Waals surface area contributed by atoms with Crippen LogP contribution in [0.1, 0.15) is 5.56 Å². The molecule has 6 heteroatoms. The van der Waals surface area contributed by atoms with Gasteiger partial charge in [0.2, 0.25) is 0 Å². The molecule has 0 radical (unpaired) electrons. The van der Waals surface area contributed by atoms with Crippen molar-refractivity contribution in [3.63, 3.8) is 0 Å². The van der Waals surface area contributed by atoms with Crippen LogP contribution in [0.25, 0.3) is 17.2 Å². The van der Waals surface area contributed by atoms with Crippen molar-refractivity contribution < 1.29 is 9.52 Å². The first kappa shape index (κ1) is 11.2. The number of hydrogen-bond donors (Lipinski definition) is 2. The summed E-state index contributed by atoms with van der Waals surface area (Å²) in [7, 11) is 1.74. The van der Waals surface area contributed by atoms with Gasteiger partial charge in [0.15, 0.2) is 23.3 Å². The molecule has 1 saturated heterocycles. The van der Waals surface area contributed by atoms with Gasteiger partial charge in [-0.3, -0.25) is 0 Å². The van der Waals surface area contributed by atoms with Gasteiger partial charge in [-0.15, -0.1) is 0 Å². The van der Waals surface area contributed by atoms with E-state index in [9.17, 15) is 5.11 Å². The summed E-state index contributed by atoms with van der Waals surface area (Å²) in [5.74, 6) is 0. The molecule has 2 N–H and O–H groups in total. The van der Waals surface area contributed by atoms with Crippen molar-refractivity contribution in [3.8, 4) is 0 Å². The molecule has 0 spiro atoms. The highest BCUT2D eigenvalue weighted by molar-refractivity contribution is 7.80. The highest BCUT2D eigenvalue weighted by Crippen LogP contribution is 2.19. The van der Waals surface area contributed by atoms with E-state index < -0.39 is 6.23 Å². The highest BCUT2D eigenvalue weighted by Gasteiger charge is 2.27. The van der Waals surface area contributed by atoms with Gasteiger partial charge in [0.05, 0.1) is 5.70 Å². The summed E-state index contributed by atoms with van der Waals surface area (Å²) in [6.07, 6.45) is 2.51. The summed E-state index contributed by atoms with van der Waals surface area (Å²) >= 11 is 5.06. The molecule has 92 valence electrons. The molecule has 1 aromatic carbocycles. The minimum atomic E-state index is -0.733. The lowest BCUT2D eigenvalue weighted by Crippen LogP contribution is -2.28. The maximum Gasteiger partial charge on any atom is 0.181 e. The lowest BCUT2D eigenvalue weighted by Gasteiger charge is -2.13. The molecule has 1 aromatic heterocycles. The van der Waals surface area contributed by atoms with Crippen molar-refractivity contribution in [2.75, 3.05) is 7.05 Å². The zero-order valence-corrected chi connectivity index (χ0v) is 10.4. The molecule has 0 amide bonds. The number of nitrogens with one attached hydrogen (secondary N) is 1. The lowest BCUT2D eigenvalue weighted by molar-refractivity contribution is 0.118. The quantitative estimate of drug-likeness (QED) is 0.755. The fraction of sp³-hybridized carbons (Fsp3) is 0.167. The summed E-state index contributed by atoms with van der Waals surface area (Å²) in [5.41, 5.74) is 3.10. The summed E-state index contributed by atoms with van der Waals surface area (Å²) in [4.78, 5) is 5.64. The van der Waals surface area contributed by atoms with Gasteiger partial charge in [0.1, 0.15) is 5.52 Å². The SMILES string of the molecule is CN1C(=S)N/C(=C\c2ccc3ncoc3c2)C1O. The third kappa shape index (κ3) is 1.75. The molecule has 0 aliphatic carbocycles. The number of benzene rings is 1. The van der Waals surface area contributed by atoms with E-state index in [1.807, 2.05) is 24.3 Å². The molecule has 1 aliphatic rings. The molecule has 0 saturated carbocycles. The Balaban J connectivity index is 1.98. The zero-order chi connectivity index (χ0) is 12.7. The van der Waals surface area contributed by atoms with Crippen LogP contribution < -0.4 is 5.32 Å². The number of hydrogen-bond acceptors (Lipinski definition) is 4. The predicted octanol–water partition coefficient (Wildman–Crippen LogP) is 1.31. The van der Waals surface area contributed by atoms with E-state index >= 15 is 0 Å². The van der Waals surface area contributed by atoms with Crippen LogP contribution in [-0.4, -0.2) is 33.4 Å². The molecule has 18 heavy (non-hydrogen) atoms. The smallest absolute Gasteiger partial charge is 0.181 e. The maximum absolute atomic E-state index is 9.93. The Labute approximate surface area is 109 Å². The number of rotatable bonds is 1. The molecular weight excluding hydrogens is 250 g/mol. The third-order valence-electron chi connectivity index (χ3n) is 2.89. The maximum atomic E-state index is 9.93. The minimum Gasteiger partial charge on any atom is -0.443 e. The van der Waals surface area contributed by atoms with Gasteiger partial charge >= 0.3 is 0 Å². The number of oxazole rings is 1. The van der Waals surface area contributed by atoms with Gasteiger partial charge in [0.25, 0.3) is 0 Å². The van der Waals surface area contributed by atoms with Crippen LogP contribution in [0.4, 0.5) is 0 Å². The molecule has 1 unspecified atom stereocenters. The first-order valence-electron chi connectivity index (χ1n) is 5.42. The van der Waals surface area contributed by atoms with Crippen molar-refractivity contribution in [1.82, 2.24) is 15.2 Å². The average Bonchev–Trinajstić information content (AvgIpc) is 2.91. The van der Waals surface area contributed by atoms with Gasteiger partial charge in [-0.05, 0) is 36.0 Å². The Hall–Kier alpha value is -1.92. The number of aliphatic hydroxyl groups excluding tert-OH is 1. The molecule has 1 aliphatic heterocycles. The van der Waals surface area contributed by atoms with Gasteiger partial charge < -0.3 is 19.7 Å². The van der Waals surface area contributed by atoms with E-state index in [-0.39, 0.29) is 0 Å². The van der Waals surface area contributed by atoms with Crippen molar-refractivity contribution in [3.05, 3.63) is 35.9 Å². The van der Waals surface area contributed by atoms with E-state index in [2.05, 4.69) is 10.3 Å². The Bertz CT molecular complexity index is 650. The van der Waals surface area contributed by atoms with Gasteiger partial charge in [-0.25, -0.2) is 4.98 Å². The van der Waals surface area contributed by atoms with E-state index in [0.717, 1.165) is 11.1 Å². The van der Waals surface area contributed by atoms with Crippen molar-refractivity contribution in [2.45, 2.75) is 6.23 Å². The number of aliphatic hydroxyl groups is 1. The van der Waals surface area contributed by atoms with Crippen molar-refractivity contribution >= 4 is 34.5 Å². The molecule has 1 fully saturated rings. The van der Waals surface area contributed by atoms with E-state index in [1.165, 1.54) is 6.39 Å². The molecule has 5 nitrogen and oxygen atoms in total. The van der Waals surface area contributed by atoms with Crippen LogP contribution in [0.5, 0.6) is 0 Å². The van der Waals surface area contributed by atoms with Gasteiger partial charge in [0, 0.05) is 7.05 Å². The summed E-state index contributed by atoms with van der Waals surface area (Å²) in [6.45, 7) is 0. The predicted molar refractivity (Wildman–Crippen MR) is 71.5 cm³/mol. The molecule has 3 rings (SSSR count). The van der Waals surface area contributed by atoms with E-state index in [0.29, 0.717) is 16.4 Å². The summed E-state index contributed by atoms with van der Waals surface area (Å²) in [6, 6.07) is 5.65. The monoisotopic (exact) mass is 261 g/mol. The topological polar surface area (TPSA) is 61.5 Å². The Morgan fingerprint density at radius 3 is 3.11 bits per heavy atom. The van der Waals surface area contributed by atoms with Crippen LogP contribution in [0.2, 0.25) is 0 Å². The van der Waals surface area contributed by atoms with Gasteiger partial charge in [-0.2, -0.15) is 0 Å². The Morgan fingerprint density at radius 2 is 2.39 bits per heavy atom. The number of thiocarbonyl (C=S) groups is 1. The number of nitrogens with zero attached hydrogens (tertiary/aromatic N) is 2. The van der Waals surface area contributed by atoms with Crippen molar-refractivity contribution in [2.24, 2.45) is 0 Å². The standard InChI is InChI=1S/C12H11N3O2S/c1-15-11(16)9(14-12(15)18)4-7-2-3-8-10(5-7)17-6-13-8/h2-6,11,16H,1H3,(H,14,18)/b9-4-. The number of fused-ring (bicyclic) bond motifs is 1. The fourth-order valence-corrected chi connectivity index (χ4v) is 2.07. The molecule has 0 bridgehead atoms. The first-order chi connectivity index (χ1) is 8.65. The van der Waals surface area contributed by atoms with E-state index in [1.54, 1.807) is 11.9 Å². The second-order valence-electron chi connectivity index (χ2n) is 4.09. The van der Waals surface area contributed by atoms with Gasteiger partial charge in [-0.1, -0.05) is 6.07 Å². The fourth-order valence-electron chi connectivity index (χ4n) is 1.85. The largest absolute Gasteiger partial charge is 0.443 e. The minimum absolute atomic E-state index is 0.509. The third-order valence-corrected chi connectivity index (χ3v) is 3.28. The summed E-state index contributed by atoms with van der Waals surface area (Å²) in [5, 5.41) is 13.4. The zero-order valence-electron chi connectivity index (χ0n) is 9.62. The van der Waals surface area contributed by atoms with Crippen LogP contribution >= 0.6 is 12.2 Å². The second kappa shape index (κ2) is 4.08. The Kier molecular flexibility index (Phi) is 2.53.